The third kappa shape index (κ3) is 5.13. The molecule has 0 aliphatic carbocycles. The highest BCUT2D eigenvalue weighted by molar-refractivity contribution is 7.98. The molecule has 0 saturated carbocycles. The van der Waals surface area contributed by atoms with E-state index in [1.54, 1.807) is 42.7 Å². The van der Waals surface area contributed by atoms with Crippen molar-refractivity contribution in [2.24, 2.45) is 0 Å². The van der Waals surface area contributed by atoms with Crippen molar-refractivity contribution in [2.45, 2.75) is 17.5 Å². The van der Waals surface area contributed by atoms with Gasteiger partial charge < -0.3 is 9.15 Å². The Morgan fingerprint density at radius 3 is 2.39 bits per heavy atom. The van der Waals surface area contributed by atoms with Crippen molar-refractivity contribution in [2.75, 3.05) is 0 Å². The lowest BCUT2D eigenvalue weighted by molar-refractivity contribution is -0.384. The van der Waals surface area contributed by atoms with Gasteiger partial charge in [-0.1, -0.05) is 42.1 Å². The Labute approximate surface area is 210 Å². The number of nitro groups is 1. The van der Waals surface area contributed by atoms with E-state index in [1.807, 2.05) is 42.5 Å². The molecule has 2 aromatic heterocycles. The molecule has 7 nitrogen and oxygen atoms in total. The molecule has 0 aliphatic rings. The Bertz CT molecular complexity index is 1570. The van der Waals surface area contributed by atoms with Crippen LogP contribution in [0.1, 0.15) is 11.1 Å². The maximum atomic E-state index is 13.6. The summed E-state index contributed by atoms with van der Waals surface area (Å²) in [5.74, 6) is 1.15. The number of nitrogens with zero attached hydrogens (tertiary/aromatic N) is 2. The van der Waals surface area contributed by atoms with Crippen LogP contribution in [0.4, 0.5) is 5.69 Å². The molecule has 0 unspecified atom stereocenters. The number of fused-ring (bicyclic) bond motifs is 1. The molecular weight excluding hydrogens is 476 g/mol. The molecule has 36 heavy (non-hydrogen) atoms. The Hall–Kier alpha value is -4.43. The smallest absolute Gasteiger partial charge is 0.269 e. The summed E-state index contributed by atoms with van der Waals surface area (Å²) in [6.45, 7) is 0.222. The molecule has 0 spiro atoms. The normalized spacial score (nSPS) is 10.9. The number of thioether (sulfide) groups is 1. The molecule has 5 rings (SSSR count). The van der Waals surface area contributed by atoms with Gasteiger partial charge in [0.1, 0.15) is 17.9 Å². The topological polar surface area (TPSA) is 95.5 Å². The first-order chi connectivity index (χ1) is 17.6. The van der Waals surface area contributed by atoms with E-state index in [4.69, 9.17) is 9.15 Å². The molecule has 0 saturated heterocycles. The molecule has 0 aliphatic heterocycles. The van der Waals surface area contributed by atoms with Crippen LogP contribution in [-0.2, 0) is 12.4 Å². The van der Waals surface area contributed by atoms with Crippen LogP contribution in [-0.4, -0.2) is 9.91 Å². The predicted molar refractivity (Wildman–Crippen MR) is 139 cm³/mol. The summed E-state index contributed by atoms with van der Waals surface area (Å²) in [6.07, 6.45) is 3.47. The lowest BCUT2D eigenvalue weighted by atomic mass is 10.1. The van der Waals surface area contributed by atoms with E-state index in [2.05, 4.69) is 4.98 Å². The van der Waals surface area contributed by atoms with Crippen molar-refractivity contribution in [3.8, 4) is 16.9 Å². The molecule has 3 aromatic carbocycles. The molecule has 0 radical (unpaired) electrons. The van der Waals surface area contributed by atoms with Gasteiger partial charge in [-0.3, -0.25) is 19.9 Å². The van der Waals surface area contributed by atoms with Crippen molar-refractivity contribution in [1.82, 2.24) is 4.98 Å². The number of ether oxygens (including phenoxy) is 1. The monoisotopic (exact) mass is 496 g/mol. The number of aromatic nitrogens is 1. The Morgan fingerprint density at radius 1 is 0.917 bits per heavy atom. The minimum atomic E-state index is -0.441. The molecule has 0 N–H and O–H groups in total. The minimum Gasteiger partial charge on any atom is -0.489 e. The molecular formula is C28H20N2O5S. The van der Waals surface area contributed by atoms with Gasteiger partial charge in [0.15, 0.2) is 5.09 Å². The zero-order valence-electron chi connectivity index (χ0n) is 19.0. The van der Waals surface area contributed by atoms with Crippen molar-refractivity contribution < 1.29 is 14.1 Å². The van der Waals surface area contributed by atoms with Gasteiger partial charge in [0.05, 0.1) is 15.9 Å². The van der Waals surface area contributed by atoms with Gasteiger partial charge in [0.25, 0.3) is 5.69 Å². The van der Waals surface area contributed by atoms with Crippen LogP contribution in [0, 0.1) is 10.1 Å². The highest BCUT2D eigenvalue weighted by atomic mass is 32.2. The fraction of sp³-hybridized carbons (Fsp3) is 0.0714. The summed E-state index contributed by atoms with van der Waals surface area (Å²) in [5, 5.41) is 11.8. The fourth-order valence-corrected chi connectivity index (χ4v) is 4.70. The highest BCUT2D eigenvalue weighted by Crippen LogP contribution is 2.34. The van der Waals surface area contributed by atoms with Gasteiger partial charge in [-0.05, 0) is 53.1 Å². The number of benzene rings is 3. The zero-order valence-corrected chi connectivity index (χ0v) is 19.8. The number of rotatable bonds is 8. The number of nitro benzene ring substituents is 1. The second kappa shape index (κ2) is 10.5. The summed E-state index contributed by atoms with van der Waals surface area (Å²) in [6, 6.07) is 24.7. The molecule has 2 heterocycles. The quantitative estimate of drug-likeness (QED) is 0.135. The van der Waals surface area contributed by atoms with Crippen LogP contribution in [0.15, 0.2) is 112 Å². The van der Waals surface area contributed by atoms with Gasteiger partial charge in [0.2, 0.25) is 5.43 Å². The van der Waals surface area contributed by atoms with Crippen LogP contribution >= 0.6 is 11.8 Å². The van der Waals surface area contributed by atoms with Gasteiger partial charge in [-0.2, -0.15) is 0 Å². The summed E-state index contributed by atoms with van der Waals surface area (Å²) < 4.78 is 12.2. The van der Waals surface area contributed by atoms with E-state index in [1.165, 1.54) is 23.9 Å². The van der Waals surface area contributed by atoms with Crippen LogP contribution < -0.4 is 10.2 Å². The van der Waals surface area contributed by atoms with E-state index in [-0.39, 0.29) is 17.7 Å². The summed E-state index contributed by atoms with van der Waals surface area (Å²) in [5.41, 5.74) is 3.52. The third-order valence-corrected chi connectivity index (χ3v) is 6.59. The van der Waals surface area contributed by atoms with Crippen molar-refractivity contribution >= 4 is 28.4 Å². The molecule has 0 fully saturated rings. The Kier molecular flexibility index (Phi) is 6.77. The summed E-state index contributed by atoms with van der Waals surface area (Å²) in [7, 11) is 0. The average molecular weight is 497 g/mol. The second-order valence-corrected chi connectivity index (χ2v) is 8.92. The lowest BCUT2D eigenvalue weighted by Gasteiger charge is -2.11. The van der Waals surface area contributed by atoms with E-state index in [9.17, 15) is 14.9 Å². The molecule has 8 heteroatoms. The van der Waals surface area contributed by atoms with Crippen LogP contribution in [0.2, 0.25) is 0 Å². The van der Waals surface area contributed by atoms with Gasteiger partial charge in [-0.25, -0.2) is 0 Å². The van der Waals surface area contributed by atoms with Crippen molar-refractivity contribution in [1.29, 1.82) is 0 Å². The van der Waals surface area contributed by atoms with Gasteiger partial charge in [-0.15, -0.1) is 0 Å². The molecule has 0 amide bonds. The summed E-state index contributed by atoms with van der Waals surface area (Å²) in [4.78, 5) is 28.0. The maximum Gasteiger partial charge on any atom is 0.269 e. The number of non-ortho nitro benzene ring substituents is 1. The van der Waals surface area contributed by atoms with E-state index < -0.39 is 4.92 Å². The number of pyridine rings is 1. The van der Waals surface area contributed by atoms with E-state index in [0.29, 0.717) is 33.1 Å². The zero-order chi connectivity index (χ0) is 24.9. The third-order valence-electron chi connectivity index (χ3n) is 5.57. The SMILES string of the molecule is O=c1c(-c2ccccc2)c(SCc2ccncc2)oc2cc(OCc3ccc([N+](=O)[O-])cc3)ccc12. The average Bonchev–Trinajstić information content (AvgIpc) is 2.92. The highest BCUT2D eigenvalue weighted by Gasteiger charge is 2.17. The van der Waals surface area contributed by atoms with Crippen molar-refractivity contribution in [3.05, 3.63) is 129 Å². The molecule has 0 bridgehead atoms. The first-order valence-corrected chi connectivity index (χ1v) is 12.1. The largest absolute Gasteiger partial charge is 0.489 e. The standard InChI is InChI=1S/C28H20N2O5S/c31-27-24-11-10-23(34-17-19-6-8-22(9-7-19)30(32)33)16-25(24)35-28(26(27)21-4-2-1-3-5-21)36-18-20-12-14-29-15-13-20/h1-16H,17-18H2. The van der Waals surface area contributed by atoms with E-state index >= 15 is 0 Å². The lowest BCUT2D eigenvalue weighted by Crippen LogP contribution is -2.07. The molecule has 178 valence electrons. The second-order valence-electron chi connectivity index (χ2n) is 7.97. The molecule has 5 aromatic rings. The Morgan fingerprint density at radius 2 is 1.67 bits per heavy atom. The maximum absolute atomic E-state index is 13.6. The van der Waals surface area contributed by atoms with Crippen LogP contribution in [0.25, 0.3) is 22.1 Å². The fourth-order valence-electron chi connectivity index (χ4n) is 3.71. The predicted octanol–water partition coefficient (Wildman–Crippen LogP) is 6.63. The minimum absolute atomic E-state index is 0.0252. The number of hydrogen-bond donors (Lipinski definition) is 0. The Balaban J connectivity index is 1.47. The first-order valence-electron chi connectivity index (χ1n) is 11.1. The first kappa shape index (κ1) is 23.3. The van der Waals surface area contributed by atoms with Gasteiger partial charge in [0, 0.05) is 36.3 Å². The van der Waals surface area contributed by atoms with Crippen LogP contribution in [0.3, 0.4) is 0 Å². The van der Waals surface area contributed by atoms with E-state index in [0.717, 1.165) is 16.7 Å². The summed E-state index contributed by atoms with van der Waals surface area (Å²) >= 11 is 1.45. The molecule has 0 atom stereocenters. The van der Waals surface area contributed by atoms with Crippen LogP contribution in [0.5, 0.6) is 5.75 Å². The van der Waals surface area contributed by atoms with Gasteiger partial charge >= 0.3 is 0 Å². The van der Waals surface area contributed by atoms with Crippen molar-refractivity contribution in [3.63, 3.8) is 0 Å². The number of hydrogen-bond acceptors (Lipinski definition) is 7.